The van der Waals surface area contributed by atoms with Gasteiger partial charge in [-0.25, -0.2) is 0 Å². The molecular formula is C28H57NO2. The minimum atomic E-state index is 0.00407. The van der Waals surface area contributed by atoms with Crippen LogP contribution in [0.2, 0.25) is 0 Å². The van der Waals surface area contributed by atoms with Gasteiger partial charge in [0.2, 0.25) is 0 Å². The molecule has 0 aromatic rings. The number of rotatable bonds is 24. The van der Waals surface area contributed by atoms with E-state index in [0.717, 1.165) is 58.0 Å². The van der Waals surface area contributed by atoms with Gasteiger partial charge in [0, 0.05) is 13.1 Å². The maximum absolute atomic E-state index is 12.6. The summed E-state index contributed by atoms with van der Waals surface area (Å²) >= 11 is 0. The summed E-state index contributed by atoms with van der Waals surface area (Å²) in [6.45, 7) is 10.5. The molecule has 0 saturated carbocycles. The van der Waals surface area contributed by atoms with Gasteiger partial charge in [-0.15, -0.1) is 5.06 Å². The van der Waals surface area contributed by atoms with Crippen LogP contribution in [0.15, 0.2) is 0 Å². The normalized spacial score (nSPS) is 12.4. The maximum Gasteiger partial charge on any atom is 0.328 e. The van der Waals surface area contributed by atoms with Crippen molar-refractivity contribution in [2.24, 2.45) is 5.92 Å². The van der Waals surface area contributed by atoms with Gasteiger partial charge in [0.1, 0.15) is 0 Å². The van der Waals surface area contributed by atoms with Gasteiger partial charge in [-0.3, -0.25) is 4.79 Å². The van der Waals surface area contributed by atoms with Gasteiger partial charge in [0.25, 0.3) is 0 Å². The fourth-order valence-electron chi connectivity index (χ4n) is 4.15. The zero-order chi connectivity index (χ0) is 23.0. The molecule has 0 bridgehead atoms. The molecule has 3 nitrogen and oxygen atoms in total. The number of nitrogens with zero attached hydrogens (tertiary/aromatic N) is 1. The van der Waals surface area contributed by atoms with Gasteiger partial charge in [0.15, 0.2) is 0 Å². The lowest BCUT2D eigenvalue weighted by atomic mass is 9.98. The van der Waals surface area contributed by atoms with Crippen LogP contribution in [0.3, 0.4) is 0 Å². The minimum Gasteiger partial charge on any atom is -0.368 e. The number of hydrogen-bond acceptors (Lipinski definition) is 3. The lowest BCUT2D eigenvalue weighted by Crippen LogP contribution is -2.32. The summed E-state index contributed by atoms with van der Waals surface area (Å²) in [6.07, 6.45) is 25.6. The van der Waals surface area contributed by atoms with E-state index in [1.807, 2.05) is 5.06 Å². The molecule has 0 aromatic heterocycles. The fraction of sp³-hybridized carbons (Fsp3) is 0.964. The lowest BCUT2D eigenvalue weighted by molar-refractivity contribution is -0.196. The van der Waals surface area contributed by atoms with E-state index in [2.05, 4.69) is 27.7 Å². The van der Waals surface area contributed by atoms with Crippen LogP contribution in [0, 0.1) is 5.92 Å². The Labute approximate surface area is 196 Å². The predicted octanol–water partition coefficient (Wildman–Crippen LogP) is 9.24. The summed E-state index contributed by atoms with van der Waals surface area (Å²) in [5.74, 6) is 0.0764. The van der Waals surface area contributed by atoms with Crippen LogP contribution in [-0.4, -0.2) is 24.1 Å². The average Bonchev–Trinajstić information content (AvgIpc) is 2.78. The molecule has 0 aromatic carbocycles. The monoisotopic (exact) mass is 439 g/mol. The van der Waals surface area contributed by atoms with E-state index in [-0.39, 0.29) is 11.9 Å². The Morgan fingerprint density at radius 1 is 0.581 bits per heavy atom. The standard InChI is InChI=1S/C28H57NO2/c1-5-9-12-13-14-15-16-17-18-19-20-21-22-23-24-27(8-4)28(30)31-29(25-10-6-2)26-11-7-3/h27H,5-26H2,1-4H3. The third-order valence-electron chi connectivity index (χ3n) is 6.47. The first-order chi connectivity index (χ1) is 15.2. The Morgan fingerprint density at radius 3 is 1.35 bits per heavy atom. The molecule has 0 radical (unpaired) electrons. The van der Waals surface area contributed by atoms with Crippen molar-refractivity contribution in [3.8, 4) is 0 Å². The van der Waals surface area contributed by atoms with Crippen molar-refractivity contribution in [1.29, 1.82) is 0 Å². The third kappa shape index (κ3) is 19.8. The SMILES string of the molecule is CCCCCCCCCCCCCCCCC(CC)C(=O)ON(CCCC)CCCC. The van der Waals surface area contributed by atoms with Crippen molar-refractivity contribution >= 4 is 5.97 Å². The minimum absolute atomic E-state index is 0.00407. The van der Waals surface area contributed by atoms with Gasteiger partial charge < -0.3 is 4.84 Å². The average molecular weight is 440 g/mol. The molecular weight excluding hydrogens is 382 g/mol. The second-order valence-electron chi connectivity index (χ2n) is 9.54. The van der Waals surface area contributed by atoms with E-state index in [4.69, 9.17) is 4.84 Å². The molecule has 1 atom stereocenters. The summed E-state index contributed by atoms with van der Waals surface area (Å²) in [6, 6.07) is 0. The number of unbranched alkanes of at least 4 members (excludes halogenated alkanes) is 15. The van der Waals surface area contributed by atoms with Gasteiger partial charge in [-0.1, -0.05) is 130 Å². The van der Waals surface area contributed by atoms with E-state index in [1.54, 1.807) is 0 Å². The van der Waals surface area contributed by atoms with Gasteiger partial charge in [0.05, 0.1) is 5.92 Å². The molecule has 0 aliphatic heterocycles. The molecule has 0 rings (SSSR count). The summed E-state index contributed by atoms with van der Waals surface area (Å²) < 4.78 is 0. The van der Waals surface area contributed by atoms with Crippen molar-refractivity contribution < 1.29 is 9.63 Å². The number of hydroxylamine groups is 2. The molecule has 0 saturated heterocycles. The van der Waals surface area contributed by atoms with E-state index in [9.17, 15) is 4.79 Å². The number of carbonyl (C=O) groups excluding carboxylic acids is 1. The Hall–Kier alpha value is -0.570. The topological polar surface area (TPSA) is 29.5 Å². The maximum atomic E-state index is 12.6. The summed E-state index contributed by atoms with van der Waals surface area (Å²) in [5.41, 5.74) is 0. The van der Waals surface area contributed by atoms with Gasteiger partial charge in [-0.05, 0) is 25.7 Å². The second kappa shape index (κ2) is 24.1. The lowest BCUT2D eigenvalue weighted by Gasteiger charge is -2.23. The highest BCUT2D eigenvalue weighted by Gasteiger charge is 2.20. The van der Waals surface area contributed by atoms with Crippen molar-refractivity contribution in [3.05, 3.63) is 0 Å². The Morgan fingerprint density at radius 2 is 0.968 bits per heavy atom. The van der Waals surface area contributed by atoms with Crippen LogP contribution < -0.4 is 0 Å². The molecule has 0 aliphatic rings. The predicted molar refractivity (Wildman–Crippen MR) is 136 cm³/mol. The van der Waals surface area contributed by atoms with E-state index < -0.39 is 0 Å². The van der Waals surface area contributed by atoms with Crippen LogP contribution in [0.25, 0.3) is 0 Å². The molecule has 3 heteroatoms. The quantitative estimate of drug-likeness (QED) is 0.111. The molecule has 186 valence electrons. The first-order valence-electron chi connectivity index (χ1n) is 14.2. The fourth-order valence-corrected chi connectivity index (χ4v) is 4.15. The van der Waals surface area contributed by atoms with Gasteiger partial charge in [-0.2, -0.15) is 0 Å². The number of carbonyl (C=O) groups is 1. The van der Waals surface area contributed by atoms with Crippen LogP contribution in [-0.2, 0) is 9.63 Å². The van der Waals surface area contributed by atoms with Crippen molar-refractivity contribution in [2.45, 2.75) is 156 Å². The molecule has 0 spiro atoms. The van der Waals surface area contributed by atoms with E-state index >= 15 is 0 Å². The Kier molecular flexibility index (Phi) is 23.6. The van der Waals surface area contributed by atoms with Crippen LogP contribution in [0.4, 0.5) is 0 Å². The highest BCUT2D eigenvalue weighted by atomic mass is 16.7. The van der Waals surface area contributed by atoms with Crippen molar-refractivity contribution in [3.63, 3.8) is 0 Å². The Balaban J connectivity index is 3.72. The van der Waals surface area contributed by atoms with Crippen LogP contribution >= 0.6 is 0 Å². The van der Waals surface area contributed by atoms with Crippen molar-refractivity contribution in [2.75, 3.05) is 13.1 Å². The first-order valence-corrected chi connectivity index (χ1v) is 14.2. The molecule has 0 amide bonds. The van der Waals surface area contributed by atoms with Gasteiger partial charge >= 0.3 is 5.97 Å². The molecule has 0 fully saturated rings. The molecule has 0 N–H and O–H groups in total. The van der Waals surface area contributed by atoms with Crippen LogP contribution in [0.1, 0.15) is 156 Å². The first kappa shape index (κ1) is 30.4. The zero-order valence-corrected chi connectivity index (χ0v) is 21.9. The zero-order valence-electron chi connectivity index (χ0n) is 21.9. The molecule has 0 aliphatic carbocycles. The third-order valence-corrected chi connectivity index (χ3v) is 6.47. The van der Waals surface area contributed by atoms with E-state index in [1.165, 1.54) is 83.5 Å². The van der Waals surface area contributed by atoms with E-state index in [0.29, 0.717) is 0 Å². The summed E-state index contributed by atoms with van der Waals surface area (Å²) in [4.78, 5) is 18.4. The highest BCUT2D eigenvalue weighted by molar-refractivity contribution is 5.72. The Bertz CT molecular complexity index is 364. The van der Waals surface area contributed by atoms with Crippen LogP contribution in [0.5, 0.6) is 0 Å². The molecule has 31 heavy (non-hydrogen) atoms. The number of hydrogen-bond donors (Lipinski definition) is 0. The molecule has 0 heterocycles. The summed E-state index contributed by atoms with van der Waals surface area (Å²) in [5, 5.41) is 1.92. The summed E-state index contributed by atoms with van der Waals surface area (Å²) in [7, 11) is 0. The largest absolute Gasteiger partial charge is 0.368 e. The van der Waals surface area contributed by atoms with Crippen molar-refractivity contribution in [1.82, 2.24) is 5.06 Å². The smallest absolute Gasteiger partial charge is 0.328 e. The molecule has 1 unspecified atom stereocenters. The second-order valence-corrected chi connectivity index (χ2v) is 9.54. The highest BCUT2D eigenvalue weighted by Crippen LogP contribution is 2.18.